The Balaban J connectivity index is 0.00000280. The molecule has 1 aliphatic carbocycles. The van der Waals surface area contributed by atoms with E-state index in [4.69, 9.17) is 0 Å². The van der Waals surface area contributed by atoms with Crippen molar-refractivity contribution in [2.75, 3.05) is 45.5 Å². The summed E-state index contributed by atoms with van der Waals surface area (Å²) in [5.74, 6) is 1.07. The molecule has 3 fully saturated rings. The molecule has 0 aromatic rings. The zero-order valence-corrected chi connectivity index (χ0v) is 21.0. The lowest BCUT2D eigenvalue weighted by atomic mass is 9.79. The second-order valence-corrected chi connectivity index (χ2v) is 12.0. The highest BCUT2D eigenvalue weighted by Gasteiger charge is 2.42. The molecule has 0 spiro atoms. The maximum atomic E-state index is 12.3. The first-order valence-electron chi connectivity index (χ1n) is 10.7. The average Bonchev–Trinajstić information content (AvgIpc) is 2.66. The van der Waals surface area contributed by atoms with Gasteiger partial charge < -0.3 is 10.2 Å². The molecule has 6 nitrogen and oxygen atoms in total. The molecule has 28 heavy (non-hydrogen) atoms. The molecule has 3 rings (SSSR count). The number of halogens is 1. The third-order valence-electron chi connectivity index (χ3n) is 6.94. The van der Waals surface area contributed by atoms with Gasteiger partial charge >= 0.3 is 0 Å². The zero-order chi connectivity index (χ0) is 19.5. The van der Waals surface area contributed by atoms with Gasteiger partial charge in [-0.25, -0.2) is 8.42 Å². The Morgan fingerprint density at radius 2 is 1.61 bits per heavy atom. The van der Waals surface area contributed by atoms with Crippen LogP contribution in [0.5, 0.6) is 0 Å². The molecule has 1 saturated carbocycles. The fourth-order valence-corrected chi connectivity index (χ4v) is 6.45. The number of rotatable bonds is 3. The van der Waals surface area contributed by atoms with Crippen LogP contribution in [0.3, 0.4) is 0 Å². The van der Waals surface area contributed by atoms with Gasteiger partial charge in [-0.05, 0) is 52.6 Å². The summed E-state index contributed by atoms with van der Waals surface area (Å²) in [5.41, 5.74) is 0.242. The molecule has 0 unspecified atom stereocenters. The summed E-state index contributed by atoms with van der Waals surface area (Å²) in [7, 11) is -1.22. The van der Waals surface area contributed by atoms with Gasteiger partial charge in [-0.3, -0.25) is 9.89 Å². The second kappa shape index (κ2) is 9.81. The average molecular weight is 527 g/mol. The molecule has 164 valence electrons. The van der Waals surface area contributed by atoms with Crippen LogP contribution in [0, 0.1) is 0 Å². The summed E-state index contributed by atoms with van der Waals surface area (Å²) in [5, 5.41) is 3.65. The van der Waals surface area contributed by atoms with E-state index in [1.165, 1.54) is 64.5 Å². The molecule has 3 aliphatic rings. The van der Waals surface area contributed by atoms with Gasteiger partial charge in [0.25, 0.3) is 0 Å². The Morgan fingerprint density at radius 1 is 1.00 bits per heavy atom. The Hall–Kier alpha value is -0.0900. The quantitative estimate of drug-likeness (QED) is 0.348. The number of piperidine rings is 1. The molecule has 1 N–H and O–H groups in total. The largest absolute Gasteiger partial charge is 0.354 e. The lowest BCUT2D eigenvalue weighted by molar-refractivity contribution is 0.0363. The number of hydrogen-bond acceptors (Lipinski definition) is 4. The number of nitrogens with zero attached hydrogens (tertiary/aromatic N) is 3. The number of nitrogens with one attached hydrogen (secondary N) is 1. The van der Waals surface area contributed by atoms with Crippen molar-refractivity contribution in [2.24, 2.45) is 4.99 Å². The van der Waals surface area contributed by atoms with E-state index < -0.39 is 14.6 Å². The summed E-state index contributed by atoms with van der Waals surface area (Å²) in [6, 6.07) is 0. The number of guanidine groups is 1. The van der Waals surface area contributed by atoms with Gasteiger partial charge in [0.05, 0.1) is 10.5 Å². The van der Waals surface area contributed by atoms with E-state index in [1.54, 1.807) is 0 Å². The van der Waals surface area contributed by atoms with Gasteiger partial charge in [-0.1, -0.05) is 25.7 Å². The Labute approximate surface area is 188 Å². The molecule has 8 heteroatoms. The summed E-state index contributed by atoms with van der Waals surface area (Å²) in [6.07, 6.45) is 10.5. The zero-order valence-electron chi connectivity index (χ0n) is 17.9. The van der Waals surface area contributed by atoms with Gasteiger partial charge in [-0.2, -0.15) is 0 Å². The van der Waals surface area contributed by atoms with Crippen molar-refractivity contribution in [3.8, 4) is 0 Å². The van der Waals surface area contributed by atoms with Gasteiger partial charge in [0.2, 0.25) is 0 Å². The highest BCUT2D eigenvalue weighted by Crippen LogP contribution is 2.35. The van der Waals surface area contributed by atoms with Gasteiger partial charge in [0.15, 0.2) is 15.8 Å². The Kier molecular flexibility index (Phi) is 8.47. The van der Waals surface area contributed by atoms with Crippen LogP contribution < -0.4 is 5.32 Å². The fourth-order valence-electron chi connectivity index (χ4n) is 5.08. The summed E-state index contributed by atoms with van der Waals surface area (Å²) >= 11 is 0. The van der Waals surface area contributed by atoms with Gasteiger partial charge in [0.1, 0.15) is 0 Å². The van der Waals surface area contributed by atoms with Crippen LogP contribution in [0.4, 0.5) is 0 Å². The second-order valence-electron chi connectivity index (χ2n) is 9.23. The minimum atomic E-state index is -3.03. The summed E-state index contributed by atoms with van der Waals surface area (Å²) in [4.78, 5) is 9.37. The first-order valence-corrected chi connectivity index (χ1v) is 12.4. The van der Waals surface area contributed by atoms with E-state index in [9.17, 15) is 8.42 Å². The van der Waals surface area contributed by atoms with E-state index in [-0.39, 0.29) is 35.3 Å². The third-order valence-corrected chi connectivity index (χ3v) is 9.47. The van der Waals surface area contributed by atoms with Crippen molar-refractivity contribution in [3.05, 3.63) is 0 Å². The van der Waals surface area contributed by atoms with Crippen LogP contribution >= 0.6 is 24.0 Å². The SMILES string of the molecule is CN=C(NCC1(N2CCCCC2)CCCCC1)N1CCS(=O)(=O)C(C)(C)C1.I. The molecule has 2 saturated heterocycles. The first-order chi connectivity index (χ1) is 12.8. The molecule has 0 bridgehead atoms. The van der Waals surface area contributed by atoms with Crippen molar-refractivity contribution in [1.82, 2.24) is 15.1 Å². The predicted octanol–water partition coefficient (Wildman–Crippen LogP) is 2.88. The van der Waals surface area contributed by atoms with E-state index in [0.717, 1.165) is 12.5 Å². The predicted molar refractivity (Wildman–Crippen MR) is 127 cm³/mol. The van der Waals surface area contributed by atoms with Crippen molar-refractivity contribution in [1.29, 1.82) is 0 Å². The number of hydrogen-bond donors (Lipinski definition) is 1. The smallest absolute Gasteiger partial charge is 0.193 e. The Bertz CT molecular complexity index is 639. The van der Waals surface area contributed by atoms with E-state index in [2.05, 4.69) is 20.1 Å². The van der Waals surface area contributed by atoms with Crippen LogP contribution in [0.1, 0.15) is 65.2 Å². The van der Waals surface area contributed by atoms with E-state index in [1.807, 2.05) is 20.9 Å². The molecule has 0 aromatic carbocycles. The topological polar surface area (TPSA) is 65.0 Å². The number of aliphatic imine (C=N–C) groups is 1. The molecule has 2 heterocycles. The maximum Gasteiger partial charge on any atom is 0.193 e. The molecular formula is C20H39IN4O2S. The monoisotopic (exact) mass is 526 g/mol. The van der Waals surface area contributed by atoms with Crippen LogP contribution in [-0.4, -0.2) is 80.0 Å². The molecule has 2 aliphatic heterocycles. The minimum absolute atomic E-state index is 0. The van der Waals surface area contributed by atoms with Crippen molar-refractivity contribution < 1.29 is 8.42 Å². The molecule has 0 radical (unpaired) electrons. The summed E-state index contributed by atoms with van der Waals surface area (Å²) < 4.78 is 23.9. The number of sulfone groups is 1. The lowest BCUT2D eigenvalue weighted by Gasteiger charge is -2.49. The van der Waals surface area contributed by atoms with E-state index >= 15 is 0 Å². The van der Waals surface area contributed by atoms with Crippen molar-refractivity contribution >= 4 is 39.8 Å². The standard InChI is InChI=1S/C20H38N4O2S.HI/c1-19(2)17-23(14-15-27(19,25)26)18(21-3)22-16-20(10-6-4-7-11-20)24-12-8-5-9-13-24;/h4-17H2,1-3H3,(H,21,22);1H. The van der Waals surface area contributed by atoms with E-state index in [0.29, 0.717) is 13.1 Å². The summed E-state index contributed by atoms with van der Waals surface area (Å²) in [6.45, 7) is 8.05. The normalized spacial score (nSPS) is 27.7. The first kappa shape index (κ1) is 24.2. The van der Waals surface area contributed by atoms with Crippen molar-refractivity contribution in [3.63, 3.8) is 0 Å². The van der Waals surface area contributed by atoms with Crippen molar-refractivity contribution in [2.45, 2.75) is 75.5 Å². The van der Waals surface area contributed by atoms with Crippen LogP contribution in [0.15, 0.2) is 4.99 Å². The minimum Gasteiger partial charge on any atom is -0.354 e. The Morgan fingerprint density at radius 3 is 2.18 bits per heavy atom. The van der Waals surface area contributed by atoms with Gasteiger partial charge in [-0.15, -0.1) is 24.0 Å². The fraction of sp³-hybridized carbons (Fsp3) is 0.950. The van der Waals surface area contributed by atoms with Gasteiger partial charge in [0, 0.05) is 32.2 Å². The molecular weight excluding hydrogens is 487 g/mol. The third kappa shape index (κ3) is 5.14. The lowest BCUT2D eigenvalue weighted by Crippen LogP contribution is -2.61. The van der Waals surface area contributed by atoms with Crippen LogP contribution in [-0.2, 0) is 9.84 Å². The maximum absolute atomic E-state index is 12.3. The molecule has 0 aromatic heterocycles. The highest BCUT2D eigenvalue weighted by atomic mass is 127. The molecule has 0 amide bonds. The van der Waals surface area contributed by atoms with Crippen LogP contribution in [0.25, 0.3) is 0 Å². The van der Waals surface area contributed by atoms with Crippen LogP contribution in [0.2, 0.25) is 0 Å². The highest BCUT2D eigenvalue weighted by molar-refractivity contribution is 14.0. The number of likely N-dealkylation sites (tertiary alicyclic amines) is 1. The molecule has 0 atom stereocenters.